The van der Waals surface area contributed by atoms with E-state index in [4.69, 9.17) is 21.6 Å². The molecular weight excluding hydrogens is 281 g/mol. The highest BCUT2D eigenvalue weighted by Crippen LogP contribution is 2.26. The number of hydrogen-bond donors (Lipinski definition) is 0. The Morgan fingerprint density at radius 1 is 1.67 bits per heavy atom. The Kier molecular flexibility index (Phi) is 4.13. The van der Waals surface area contributed by atoms with Crippen LogP contribution in [0.2, 0.25) is 5.02 Å². The molecule has 3 nitrogen and oxygen atoms in total. The fraction of sp³-hybridized carbons (Fsp3) is 0.200. The van der Waals surface area contributed by atoms with Gasteiger partial charge in [-0.2, -0.15) is 5.26 Å². The van der Waals surface area contributed by atoms with Crippen LogP contribution in [0.15, 0.2) is 16.6 Å². The molecule has 0 aliphatic heterocycles. The molecule has 0 aliphatic carbocycles. The van der Waals surface area contributed by atoms with Crippen LogP contribution >= 0.6 is 27.5 Å². The van der Waals surface area contributed by atoms with E-state index < -0.39 is 5.97 Å². The molecule has 0 unspecified atom stereocenters. The molecule has 0 radical (unpaired) electrons. The summed E-state index contributed by atoms with van der Waals surface area (Å²) >= 11 is 8.93. The minimum atomic E-state index is -0.497. The predicted molar refractivity (Wildman–Crippen MR) is 59.8 cm³/mol. The molecular formula is C10H7BrClNO2. The molecule has 0 aromatic heterocycles. The molecule has 0 atom stereocenters. The lowest BCUT2D eigenvalue weighted by Crippen LogP contribution is -2.06. The third-order valence-electron chi connectivity index (χ3n) is 1.65. The smallest absolute Gasteiger partial charge is 0.339 e. The zero-order chi connectivity index (χ0) is 11.4. The predicted octanol–water partition coefficient (Wildman–Crippen LogP) is 3.15. The fourth-order valence-corrected chi connectivity index (χ4v) is 1.73. The van der Waals surface area contributed by atoms with Gasteiger partial charge in [0.1, 0.15) is 6.07 Å². The first-order chi connectivity index (χ1) is 7.10. The van der Waals surface area contributed by atoms with Crippen LogP contribution in [0.1, 0.15) is 22.8 Å². The summed E-state index contributed by atoms with van der Waals surface area (Å²) in [6, 6.07) is 4.88. The highest BCUT2D eigenvalue weighted by molar-refractivity contribution is 9.10. The van der Waals surface area contributed by atoms with Gasteiger partial charge in [0.05, 0.1) is 17.7 Å². The first-order valence-corrected chi connectivity index (χ1v) is 5.33. The summed E-state index contributed by atoms with van der Waals surface area (Å²) < 4.78 is 5.24. The molecule has 15 heavy (non-hydrogen) atoms. The first-order valence-electron chi connectivity index (χ1n) is 4.16. The van der Waals surface area contributed by atoms with E-state index >= 15 is 0 Å². The molecule has 0 bridgehead atoms. The molecule has 0 fully saturated rings. The molecule has 1 rings (SSSR count). The monoisotopic (exact) mass is 287 g/mol. The van der Waals surface area contributed by atoms with E-state index in [2.05, 4.69) is 15.9 Å². The van der Waals surface area contributed by atoms with Crippen molar-refractivity contribution in [3.8, 4) is 6.07 Å². The Labute approximate surface area is 101 Å². The van der Waals surface area contributed by atoms with Crippen LogP contribution < -0.4 is 0 Å². The van der Waals surface area contributed by atoms with Crippen LogP contribution in [0.4, 0.5) is 0 Å². The van der Waals surface area contributed by atoms with Crippen LogP contribution in [-0.2, 0) is 4.74 Å². The topological polar surface area (TPSA) is 50.1 Å². The van der Waals surface area contributed by atoms with Crippen molar-refractivity contribution in [2.45, 2.75) is 6.92 Å². The summed E-state index contributed by atoms with van der Waals surface area (Å²) in [5.74, 6) is -0.497. The van der Waals surface area contributed by atoms with Gasteiger partial charge in [0.2, 0.25) is 0 Å². The Morgan fingerprint density at radius 3 is 2.87 bits per heavy atom. The zero-order valence-corrected chi connectivity index (χ0v) is 10.2. The van der Waals surface area contributed by atoms with Crippen molar-refractivity contribution in [2.75, 3.05) is 6.61 Å². The van der Waals surface area contributed by atoms with Crippen molar-refractivity contribution in [1.82, 2.24) is 0 Å². The SMILES string of the molecule is CCOC(=O)c1cc(Cl)cc(C#N)c1Br. The minimum absolute atomic E-state index is 0.265. The Balaban J connectivity index is 3.24. The average molecular weight is 289 g/mol. The quantitative estimate of drug-likeness (QED) is 0.786. The molecule has 5 heteroatoms. The highest BCUT2D eigenvalue weighted by atomic mass is 79.9. The van der Waals surface area contributed by atoms with E-state index in [9.17, 15) is 4.79 Å². The van der Waals surface area contributed by atoms with Gasteiger partial charge in [-0.3, -0.25) is 0 Å². The van der Waals surface area contributed by atoms with E-state index in [0.717, 1.165) is 0 Å². The lowest BCUT2D eigenvalue weighted by atomic mass is 10.1. The molecule has 0 saturated heterocycles. The molecule has 0 spiro atoms. The van der Waals surface area contributed by atoms with Crippen molar-refractivity contribution < 1.29 is 9.53 Å². The van der Waals surface area contributed by atoms with Gasteiger partial charge in [0.25, 0.3) is 0 Å². The number of esters is 1. The van der Waals surface area contributed by atoms with Crippen LogP contribution in [-0.4, -0.2) is 12.6 Å². The standard InChI is InChI=1S/C10H7BrClNO2/c1-2-15-10(14)8-4-7(12)3-6(5-13)9(8)11/h3-4H,2H2,1H3. The van der Waals surface area contributed by atoms with Crippen LogP contribution in [0, 0.1) is 11.3 Å². The van der Waals surface area contributed by atoms with Crippen molar-refractivity contribution in [3.63, 3.8) is 0 Å². The van der Waals surface area contributed by atoms with E-state index in [0.29, 0.717) is 15.1 Å². The minimum Gasteiger partial charge on any atom is -0.462 e. The summed E-state index contributed by atoms with van der Waals surface area (Å²) in [5, 5.41) is 9.12. The van der Waals surface area contributed by atoms with Gasteiger partial charge in [0, 0.05) is 9.50 Å². The summed E-state index contributed by atoms with van der Waals surface area (Å²) in [6.45, 7) is 1.99. The maximum absolute atomic E-state index is 11.5. The van der Waals surface area contributed by atoms with Crippen LogP contribution in [0.3, 0.4) is 0 Å². The summed E-state index contributed by atoms with van der Waals surface area (Å²) in [7, 11) is 0. The largest absolute Gasteiger partial charge is 0.462 e. The van der Waals surface area contributed by atoms with E-state index in [1.807, 2.05) is 6.07 Å². The Hall–Kier alpha value is -1.05. The van der Waals surface area contributed by atoms with E-state index in [1.54, 1.807) is 6.92 Å². The number of nitrogens with zero attached hydrogens (tertiary/aromatic N) is 1. The lowest BCUT2D eigenvalue weighted by molar-refractivity contribution is 0.0525. The van der Waals surface area contributed by atoms with Crippen molar-refractivity contribution in [3.05, 3.63) is 32.8 Å². The fourth-order valence-electron chi connectivity index (χ4n) is 1.03. The number of carbonyl (C=O) groups is 1. The van der Waals surface area contributed by atoms with Crippen LogP contribution in [0.25, 0.3) is 0 Å². The van der Waals surface area contributed by atoms with Gasteiger partial charge in [-0.15, -0.1) is 0 Å². The second kappa shape index (κ2) is 5.15. The number of carbonyl (C=O) groups excluding carboxylic acids is 1. The average Bonchev–Trinajstić information content (AvgIpc) is 2.21. The second-order valence-corrected chi connectivity index (χ2v) is 3.88. The number of rotatable bonds is 2. The number of benzene rings is 1. The van der Waals surface area contributed by atoms with Crippen molar-refractivity contribution in [1.29, 1.82) is 5.26 Å². The molecule has 0 aliphatic rings. The summed E-state index contributed by atoms with van der Waals surface area (Å²) in [4.78, 5) is 11.5. The molecule has 0 N–H and O–H groups in total. The maximum atomic E-state index is 11.5. The summed E-state index contributed by atoms with van der Waals surface area (Å²) in [6.07, 6.45) is 0. The van der Waals surface area contributed by atoms with Crippen molar-refractivity contribution in [2.24, 2.45) is 0 Å². The molecule has 78 valence electrons. The number of hydrogen-bond acceptors (Lipinski definition) is 3. The third kappa shape index (κ3) is 2.71. The molecule has 1 aromatic carbocycles. The highest BCUT2D eigenvalue weighted by Gasteiger charge is 2.15. The second-order valence-electron chi connectivity index (χ2n) is 2.65. The van der Waals surface area contributed by atoms with Gasteiger partial charge < -0.3 is 4.74 Å². The van der Waals surface area contributed by atoms with Gasteiger partial charge in [-0.05, 0) is 35.0 Å². The number of halogens is 2. The number of ether oxygens (including phenoxy) is 1. The number of nitriles is 1. The normalized spacial score (nSPS) is 9.47. The molecule has 0 heterocycles. The van der Waals surface area contributed by atoms with Gasteiger partial charge in [-0.1, -0.05) is 11.6 Å². The van der Waals surface area contributed by atoms with E-state index in [1.165, 1.54) is 12.1 Å². The van der Waals surface area contributed by atoms with Gasteiger partial charge in [0.15, 0.2) is 0 Å². The first kappa shape index (κ1) is 12.0. The Morgan fingerprint density at radius 2 is 2.33 bits per heavy atom. The lowest BCUT2D eigenvalue weighted by Gasteiger charge is -2.05. The molecule has 0 saturated carbocycles. The summed E-state index contributed by atoms with van der Waals surface area (Å²) in [5.41, 5.74) is 0.575. The van der Waals surface area contributed by atoms with E-state index in [-0.39, 0.29) is 12.2 Å². The molecule has 1 aromatic rings. The van der Waals surface area contributed by atoms with Gasteiger partial charge in [-0.25, -0.2) is 4.79 Å². The third-order valence-corrected chi connectivity index (χ3v) is 2.73. The van der Waals surface area contributed by atoms with Crippen LogP contribution in [0.5, 0.6) is 0 Å². The molecule has 0 amide bonds. The van der Waals surface area contributed by atoms with Crippen molar-refractivity contribution >= 4 is 33.5 Å². The Bertz CT molecular complexity index is 440. The zero-order valence-electron chi connectivity index (χ0n) is 7.88. The maximum Gasteiger partial charge on any atom is 0.339 e. The van der Waals surface area contributed by atoms with Gasteiger partial charge >= 0.3 is 5.97 Å².